The molecule has 3 aromatic heterocycles. The van der Waals surface area contributed by atoms with Gasteiger partial charge in [0.25, 0.3) is 0 Å². The van der Waals surface area contributed by atoms with Crippen molar-refractivity contribution in [3.8, 4) is 17.2 Å². The van der Waals surface area contributed by atoms with Gasteiger partial charge in [0, 0.05) is 67.7 Å². The van der Waals surface area contributed by atoms with Crippen LogP contribution in [0.5, 0.6) is 0 Å². The predicted molar refractivity (Wildman–Crippen MR) is 185 cm³/mol. The molecular weight excluding hydrogens is 604 g/mol. The number of hydrogen-bond donors (Lipinski definition) is 3. The Hall–Kier alpha value is -5.02. The minimum absolute atomic E-state index is 0.0290. The van der Waals surface area contributed by atoms with Crippen LogP contribution in [-0.2, 0) is 13.6 Å². The highest BCUT2D eigenvalue weighted by Gasteiger charge is 2.41. The summed E-state index contributed by atoms with van der Waals surface area (Å²) in [6.45, 7) is 6.90. The second-order valence-electron chi connectivity index (χ2n) is 13.5. The molecule has 2 atom stereocenters. The van der Waals surface area contributed by atoms with E-state index < -0.39 is 5.60 Å². The normalized spacial score (nSPS) is 21.0. The summed E-state index contributed by atoms with van der Waals surface area (Å²) >= 11 is 0. The summed E-state index contributed by atoms with van der Waals surface area (Å²) in [6.07, 6.45) is 11.1. The van der Waals surface area contributed by atoms with E-state index in [9.17, 15) is 15.2 Å². The first kappa shape index (κ1) is 32.9. The van der Waals surface area contributed by atoms with Gasteiger partial charge in [0.15, 0.2) is 5.82 Å². The number of anilines is 3. The monoisotopic (exact) mass is 648 g/mol. The molecule has 1 saturated heterocycles. The fourth-order valence-electron chi connectivity index (χ4n) is 7.17. The lowest BCUT2D eigenvalue weighted by Gasteiger charge is -2.36. The number of benzene rings is 1. The molecule has 48 heavy (non-hydrogen) atoms. The number of rotatable bonds is 9. The van der Waals surface area contributed by atoms with Gasteiger partial charge in [0.1, 0.15) is 17.5 Å². The Morgan fingerprint density at radius 1 is 1.04 bits per heavy atom. The van der Waals surface area contributed by atoms with Crippen LogP contribution in [0, 0.1) is 17.2 Å². The third-order valence-electron chi connectivity index (χ3n) is 9.76. The van der Waals surface area contributed by atoms with Crippen molar-refractivity contribution in [3.63, 3.8) is 0 Å². The Kier molecular flexibility index (Phi) is 9.59. The highest BCUT2D eigenvalue weighted by Crippen LogP contribution is 2.37. The van der Waals surface area contributed by atoms with Gasteiger partial charge in [-0.1, -0.05) is 30.3 Å². The van der Waals surface area contributed by atoms with Crippen LogP contribution in [0.2, 0.25) is 0 Å². The zero-order valence-corrected chi connectivity index (χ0v) is 28.0. The fraction of sp³-hybridized carbons (Fsp3) is 0.444. The zero-order valence-electron chi connectivity index (χ0n) is 28.0. The standard InChI is InChI=1S/C36H44N10O2/c1-24-31(36(2,3)48)16-17-45(24)33-27(18-37)21-39-34(43-33)42-29-11-13-30(14-12-29)46(35(47)40-19-25-8-6-5-7-9-25)32-15-10-26(20-38-32)28-22-41-44(4)23-28/h5-10,15,20-24,29-31,48H,11-14,16-17,19H2,1-4H3,(H,40,47)(H,39,42,43)/t24-,29-,30-,31-/m1/s1. The summed E-state index contributed by atoms with van der Waals surface area (Å²) < 4.78 is 1.75. The topological polar surface area (TPSA) is 148 Å². The van der Waals surface area contributed by atoms with E-state index in [0.29, 0.717) is 36.2 Å². The second-order valence-corrected chi connectivity index (χ2v) is 13.5. The molecule has 6 rings (SSSR count). The van der Waals surface area contributed by atoms with Crippen molar-refractivity contribution in [1.82, 2.24) is 30.0 Å². The summed E-state index contributed by atoms with van der Waals surface area (Å²) in [4.78, 5) is 31.7. The van der Waals surface area contributed by atoms with Crippen molar-refractivity contribution in [2.45, 2.75) is 83.1 Å². The molecule has 0 spiro atoms. The number of aromatic nitrogens is 5. The van der Waals surface area contributed by atoms with E-state index in [4.69, 9.17) is 9.97 Å². The van der Waals surface area contributed by atoms with Gasteiger partial charge in [-0.05, 0) is 70.6 Å². The molecule has 1 aromatic carbocycles. The van der Waals surface area contributed by atoms with E-state index in [0.717, 1.165) is 48.8 Å². The summed E-state index contributed by atoms with van der Waals surface area (Å²) in [7, 11) is 1.88. The van der Waals surface area contributed by atoms with Gasteiger partial charge in [0.05, 0.1) is 18.0 Å². The fourth-order valence-corrected chi connectivity index (χ4v) is 7.17. The molecule has 1 saturated carbocycles. The molecule has 2 aliphatic rings. The van der Waals surface area contributed by atoms with Crippen molar-refractivity contribution < 1.29 is 9.90 Å². The first-order valence-corrected chi connectivity index (χ1v) is 16.7. The molecule has 0 radical (unpaired) electrons. The van der Waals surface area contributed by atoms with Gasteiger partial charge in [-0.25, -0.2) is 14.8 Å². The maximum absolute atomic E-state index is 13.8. The number of nitrogens with zero attached hydrogens (tertiary/aromatic N) is 8. The van der Waals surface area contributed by atoms with Crippen LogP contribution in [0.1, 0.15) is 64.0 Å². The number of hydrogen-bond acceptors (Lipinski definition) is 9. The Bertz CT molecular complexity index is 1740. The van der Waals surface area contributed by atoms with E-state index in [1.807, 2.05) is 69.6 Å². The van der Waals surface area contributed by atoms with E-state index in [-0.39, 0.29) is 30.1 Å². The minimum Gasteiger partial charge on any atom is -0.390 e. The van der Waals surface area contributed by atoms with Gasteiger partial charge in [-0.2, -0.15) is 15.3 Å². The Morgan fingerprint density at radius 2 is 1.81 bits per heavy atom. The van der Waals surface area contributed by atoms with Gasteiger partial charge < -0.3 is 20.6 Å². The van der Waals surface area contributed by atoms with Gasteiger partial charge in [-0.15, -0.1) is 0 Å². The maximum Gasteiger partial charge on any atom is 0.323 e. The summed E-state index contributed by atoms with van der Waals surface area (Å²) in [5.41, 5.74) is 2.53. The summed E-state index contributed by atoms with van der Waals surface area (Å²) in [6, 6.07) is 15.9. The third-order valence-corrected chi connectivity index (χ3v) is 9.76. The number of nitriles is 1. The lowest BCUT2D eigenvalue weighted by Crippen LogP contribution is -2.49. The lowest BCUT2D eigenvalue weighted by atomic mass is 9.85. The molecule has 2 amide bonds. The molecule has 3 N–H and O–H groups in total. The smallest absolute Gasteiger partial charge is 0.323 e. The Balaban J connectivity index is 1.15. The lowest BCUT2D eigenvalue weighted by molar-refractivity contribution is 0.0156. The first-order valence-electron chi connectivity index (χ1n) is 16.7. The number of nitrogens with one attached hydrogen (secondary N) is 2. The number of amides is 2. The highest BCUT2D eigenvalue weighted by molar-refractivity contribution is 5.91. The number of aliphatic hydroxyl groups is 1. The van der Waals surface area contributed by atoms with E-state index >= 15 is 0 Å². The minimum atomic E-state index is -0.822. The molecule has 250 valence electrons. The van der Waals surface area contributed by atoms with Crippen LogP contribution in [0.3, 0.4) is 0 Å². The molecule has 1 aliphatic carbocycles. The predicted octanol–water partition coefficient (Wildman–Crippen LogP) is 5.27. The van der Waals surface area contributed by atoms with Crippen molar-refractivity contribution in [2.24, 2.45) is 13.0 Å². The molecule has 2 fully saturated rings. The van der Waals surface area contributed by atoms with E-state index in [1.165, 1.54) is 0 Å². The molecule has 4 heterocycles. The van der Waals surface area contributed by atoms with Crippen LogP contribution in [0.25, 0.3) is 11.1 Å². The molecule has 4 aromatic rings. The molecule has 0 unspecified atom stereocenters. The largest absolute Gasteiger partial charge is 0.390 e. The molecular formula is C36H44N10O2. The quantitative estimate of drug-likeness (QED) is 0.221. The molecule has 12 nitrogen and oxygen atoms in total. The van der Waals surface area contributed by atoms with E-state index in [2.05, 4.69) is 38.6 Å². The first-order chi connectivity index (χ1) is 23.1. The van der Waals surface area contributed by atoms with Crippen LogP contribution < -0.4 is 20.4 Å². The highest BCUT2D eigenvalue weighted by atomic mass is 16.3. The van der Waals surface area contributed by atoms with E-state index in [1.54, 1.807) is 28.2 Å². The number of carbonyl (C=O) groups is 1. The summed E-state index contributed by atoms with van der Waals surface area (Å²) in [5, 5.41) is 31.4. The average Bonchev–Trinajstić information content (AvgIpc) is 3.71. The van der Waals surface area contributed by atoms with Crippen LogP contribution in [-0.4, -0.2) is 66.1 Å². The second kappa shape index (κ2) is 14.0. The van der Waals surface area contributed by atoms with Crippen molar-refractivity contribution in [3.05, 3.63) is 78.4 Å². The maximum atomic E-state index is 13.8. The number of pyridine rings is 1. The molecule has 12 heteroatoms. The average molecular weight is 649 g/mol. The van der Waals surface area contributed by atoms with Crippen LogP contribution >= 0.6 is 0 Å². The van der Waals surface area contributed by atoms with Crippen LogP contribution in [0.15, 0.2) is 67.3 Å². The van der Waals surface area contributed by atoms with Gasteiger partial charge >= 0.3 is 6.03 Å². The molecule has 0 bridgehead atoms. The van der Waals surface area contributed by atoms with Crippen molar-refractivity contribution in [2.75, 3.05) is 21.7 Å². The van der Waals surface area contributed by atoms with Crippen LogP contribution in [0.4, 0.5) is 22.4 Å². The Labute approximate surface area is 281 Å². The summed E-state index contributed by atoms with van der Waals surface area (Å²) in [5.74, 6) is 1.76. The SMILES string of the molecule is C[C@@H]1[C@H](C(C)(C)O)CCN1c1nc(N[C@H]2CC[C@H](N(C(=O)NCc3ccccc3)c3ccc(-c4cnn(C)c4)cn3)CC2)ncc1C#N. The third kappa shape index (κ3) is 7.26. The number of aryl methyl sites for hydroxylation is 1. The number of urea groups is 1. The van der Waals surface area contributed by atoms with Crippen molar-refractivity contribution >= 4 is 23.6 Å². The molecule has 1 aliphatic heterocycles. The number of carbonyl (C=O) groups excluding carboxylic acids is 1. The Morgan fingerprint density at radius 3 is 2.44 bits per heavy atom. The zero-order chi connectivity index (χ0) is 33.8. The van der Waals surface area contributed by atoms with Gasteiger partial charge in [0.2, 0.25) is 5.95 Å². The van der Waals surface area contributed by atoms with Gasteiger partial charge in [-0.3, -0.25) is 9.58 Å². The van der Waals surface area contributed by atoms with Crippen molar-refractivity contribution in [1.29, 1.82) is 5.26 Å².